The van der Waals surface area contributed by atoms with E-state index < -0.39 is 0 Å². The first-order valence-corrected chi connectivity index (χ1v) is 7.09. The summed E-state index contributed by atoms with van der Waals surface area (Å²) in [6.45, 7) is 8.49. The second-order valence-electron chi connectivity index (χ2n) is 5.34. The Hall–Kier alpha value is -0.870. The SMILES string of the molecule is CC(C)c1cncn1CCCOC1CCNCC1. The summed E-state index contributed by atoms with van der Waals surface area (Å²) in [7, 11) is 0. The molecule has 0 radical (unpaired) electrons. The second kappa shape index (κ2) is 6.90. The van der Waals surface area contributed by atoms with Gasteiger partial charge in [-0.2, -0.15) is 0 Å². The third-order valence-corrected chi connectivity index (χ3v) is 3.52. The Bertz CT molecular complexity index is 343. The van der Waals surface area contributed by atoms with Gasteiger partial charge in [0.25, 0.3) is 0 Å². The van der Waals surface area contributed by atoms with E-state index in [9.17, 15) is 0 Å². The van der Waals surface area contributed by atoms with Gasteiger partial charge in [0.1, 0.15) is 0 Å². The summed E-state index contributed by atoms with van der Waals surface area (Å²) in [4.78, 5) is 4.23. The predicted molar refractivity (Wildman–Crippen MR) is 72.8 cm³/mol. The van der Waals surface area contributed by atoms with Crippen LogP contribution in [0.3, 0.4) is 0 Å². The highest BCUT2D eigenvalue weighted by Crippen LogP contribution is 2.14. The van der Waals surface area contributed by atoms with Crippen LogP contribution in [0.1, 0.15) is 44.7 Å². The lowest BCUT2D eigenvalue weighted by atomic mass is 10.1. The molecule has 1 saturated heterocycles. The van der Waals surface area contributed by atoms with Crippen molar-refractivity contribution >= 4 is 0 Å². The first kappa shape index (κ1) is 13.6. The van der Waals surface area contributed by atoms with E-state index >= 15 is 0 Å². The van der Waals surface area contributed by atoms with Crippen LogP contribution in [0.4, 0.5) is 0 Å². The van der Waals surface area contributed by atoms with Crippen LogP contribution in [0.5, 0.6) is 0 Å². The average molecular weight is 251 g/mol. The molecule has 2 rings (SSSR count). The number of ether oxygens (including phenoxy) is 1. The zero-order chi connectivity index (χ0) is 12.8. The minimum absolute atomic E-state index is 0.471. The molecule has 0 saturated carbocycles. The molecule has 1 aliphatic heterocycles. The van der Waals surface area contributed by atoms with Crippen LogP contribution < -0.4 is 5.32 Å². The van der Waals surface area contributed by atoms with E-state index in [1.807, 2.05) is 12.5 Å². The fourth-order valence-electron chi connectivity index (χ4n) is 2.45. The van der Waals surface area contributed by atoms with E-state index in [0.717, 1.165) is 45.5 Å². The standard InChI is InChI=1S/C14H25N3O/c1-12(2)14-10-16-11-17(14)8-3-9-18-13-4-6-15-7-5-13/h10-13,15H,3-9H2,1-2H3. The summed E-state index contributed by atoms with van der Waals surface area (Å²) >= 11 is 0. The Morgan fingerprint density at radius 1 is 1.44 bits per heavy atom. The van der Waals surface area contributed by atoms with E-state index in [1.54, 1.807) is 0 Å². The van der Waals surface area contributed by atoms with Gasteiger partial charge in [-0.05, 0) is 38.3 Å². The molecule has 4 heteroatoms. The third-order valence-electron chi connectivity index (χ3n) is 3.52. The second-order valence-corrected chi connectivity index (χ2v) is 5.34. The zero-order valence-electron chi connectivity index (χ0n) is 11.6. The van der Waals surface area contributed by atoms with Gasteiger partial charge in [0.2, 0.25) is 0 Å². The number of nitrogens with one attached hydrogen (secondary N) is 1. The van der Waals surface area contributed by atoms with Gasteiger partial charge in [-0.1, -0.05) is 13.8 Å². The van der Waals surface area contributed by atoms with Crippen molar-refractivity contribution < 1.29 is 4.74 Å². The number of piperidine rings is 1. The molecule has 1 aromatic heterocycles. The van der Waals surface area contributed by atoms with Crippen molar-refractivity contribution in [1.82, 2.24) is 14.9 Å². The molecule has 2 heterocycles. The molecule has 0 unspecified atom stereocenters. The van der Waals surface area contributed by atoms with Gasteiger partial charge in [0.15, 0.2) is 0 Å². The van der Waals surface area contributed by atoms with Gasteiger partial charge in [0.05, 0.1) is 12.4 Å². The van der Waals surface area contributed by atoms with Crippen LogP contribution in [-0.4, -0.2) is 35.4 Å². The Labute approximate surface area is 110 Å². The average Bonchev–Trinajstić information content (AvgIpc) is 2.84. The molecule has 1 aliphatic rings. The summed E-state index contributed by atoms with van der Waals surface area (Å²) in [5, 5.41) is 3.36. The predicted octanol–water partition coefficient (Wildman–Crippen LogP) is 2.17. The van der Waals surface area contributed by atoms with Crippen molar-refractivity contribution in [3.63, 3.8) is 0 Å². The molecule has 0 amide bonds. The first-order valence-electron chi connectivity index (χ1n) is 7.09. The largest absolute Gasteiger partial charge is 0.378 e. The van der Waals surface area contributed by atoms with Gasteiger partial charge < -0.3 is 14.6 Å². The monoisotopic (exact) mass is 251 g/mol. The Kier molecular flexibility index (Phi) is 5.20. The molecule has 0 spiro atoms. The molecule has 0 bridgehead atoms. The molecule has 4 nitrogen and oxygen atoms in total. The van der Waals surface area contributed by atoms with E-state index in [2.05, 4.69) is 28.7 Å². The van der Waals surface area contributed by atoms with Crippen LogP contribution in [0.2, 0.25) is 0 Å². The molecular weight excluding hydrogens is 226 g/mol. The number of hydrogen-bond acceptors (Lipinski definition) is 3. The van der Waals surface area contributed by atoms with Crippen LogP contribution in [0, 0.1) is 0 Å². The molecule has 1 N–H and O–H groups in total. The van der Waals surface area contributed by atoms with Crippen LogP contribution in [-0.2, 0) is 11.3 Å². The fraction of sp³-hybridized carbons (Fsp3) is 0.786. The topological polar surface area (TPSA) is 39.1 Å². The molecule has 0 aromatic carbocycles. The van der Waals surface area contributed by atoms with Crippen LogP contribution in [0.25, 0.3) is 0 Å². The maximum atomic E-state index is 5.91. The van der Waals surface area contributed by atoms with E-state index in [1.165, 1.54) is 5.69 Å². The normalized spacial score (nSPS) is 17.5. The maximum Gasteiger partial charge on any atom is 0.0948 e. The highest BCUT2D eigenvalue weighted by Gasteiger charge is 2.12. The smallest absolute Gasteiger partial charge is 0.0948 e. The van der Waals surface area contributed by atoms with Crippen LogP contribution >= 0.6 is 0 Å². The molecule has 1 fully saturated rings. The minimum Gasteiger partial charge on any atom is -0.378 e. The number of aryl methyl sites for hydroxylation is 1. The van der Waals surface area contributed by atoms with Crippen LogP contribution in [0.15, 0.2) is 12.5 Å². The van der Waals surface area contributed by atoms with E-state index in [-0.39, 0.29) is 0 Å². The summed E-state index contributed by atoms with van der Waals surface area (Å²) in [6.07, 6.45) is 7.75. The van der Waals surface area contributed by atoms with E-state index in [0.29, 0.717) is 12.0 Å². The Balaban J connectivity index is 1.66. The Morgan fingerprint density at radius 2 is 2.22 bits per heavy atom. The van der Waals surface area contributed by atoms with Gasteiger partial charge in [-0.3, -0.25) is 0 Å². The molecule has 0 atom stereocenters. The lowest BCUT2D eigenvalue weighted by Crippen LogP contribution is -2.32. The van der Waals surface area contributed by atoms with Crippen molar-refractivity contribution in [1.29, 1.82) is 0 Å². The quantitative estimate of drug-likeness (QED) is 0.788. The summed E-state index contributed by atoms with van der Waals surface area (Å²) < 4.78 is 8.15. The van der Waals surface area contributed by atoms with Gasteiger partial charge in [0, 0.05) is 25.0 Å². The van der Waals surface area contributed by atoms with Crippen molar-refractivity contribution in [2.45, 2.75) is 51.7 Å². The highest BCUT2D eigenvalue weighted by molar-refractivity contribution is 5.03. The van der Waals surface area contributed by atoms with Crippen molar-refractivity contribution in [3.05, 3.63) is 18.2 Å². The number of hydrogen-bond donors (Lipinski definition) is 1. The first-order chi connectivity index (χ1) is 8.77. The number of aromatic nitrogens is 2. The molecule has 18 heavy (non-hydrogen) atoms. The van der Waals surface area contributed by atoms with Crippen molar-refractivity contribution in [2.75, 3.05) is 19.7 Å². The highest BCUT2D eigenvalue weighted by atomic mass is 16.5. The van der Waals surface area contributed by atoms with Crippen molar-refractivity contribution in [3.8, 4) is 0 Å². The third kappa shape index (κ3) is 3.82. The minimum atomic E-state index is 0.471. The van der Waals surface area contributed by atoms with E-state index in [4.69, 9.17) is 4.74 Å². The summed E-state index contributed by atoms with van der Waals surface area (Å²) in [6, 6.07) is 0. The fourth-order valence-corrected chi connectivity index (χ4v) is 2.45. The van der Waals surface area contributed by atoms with Gasteiger partial charge in [-0.15, -0.1) is 0 Å². The number of nitrogens with zero attached hydrogens (tertiary/aromatic N) is 2. The maximum absolute atomic E-state index is 5.91. The molecular formula is C14H25N3O. The number of rotatable bonds is 6. The Morgan fingerprint density at radius 3 is 2.94 bits per heavy atom. The lowest BCUT2D eigenvalue weighted by molar-refractivity contribution is 0.0300. The molecule has 102 valence electrons. The summed E-state index contributed by atoms with van der Waals surface area (Å²) in [5.41, 5.74) is 1.32. The van der Waals surface area contributed by atoms with Crippen molar-refractivity contribution in [2.24, 2.45) is 0 Å². The van der Waals surface area contributed by atoms with Gasteiger partial charge >= 0.3 is 0 Å². The van der Waals surface area contributed by atoms with Gasteiger partial charge in [-0.25, -0.2) is 4.98 Å². The molecule has 1 aromatic rings. The number of imidazole rings is 1. The zero-order valence-corrected chi connectivity index (χ0v) is 11.6. The summed E-state index contributed by atoms with van der Waals surface area (Å²) in [5.74, 6) is 0.540. The molecule has 0 aliphatic carbocycles. The lowest BCUT2D eigenvalue weighted by Gasteiger charge is -2.23.